The van der Waals surface area contributed by atoms with Crippen LogP contribution in [0.5, 0.6) is 0 Å². The number of nitrogens with zero attached hydrogens (tertiary/aromatic N) is 1. The van der Waals surface area contributed by atoms with E-state index in [1.165, 1.54) is 6.07 Å². The predicted molar refractivity (Wildman–Crippen MR) is 66.9 cm³/mol. The van der Waals surface area contributed by atoms with E-state index in [1.54, 1.807) is 13.0 Å². The van der Waals surface area contributed by atoms with Crippen molar-refractivity contribution >= 4 is 5.69 Å². The molecule has 1 aromatic rings. The number of benzene rings is 1. The van der Waals surface area contributed by atoms with Gasteiger partial charge in [0.15, 0.2) is 0 Å². The third-order valence-corrected chi connectivity index (χ3v) is 3.65. The molecule has 1 aliphatic heterocycles. The van der Waals surface area contributed by atoms with Crippen molar-refractivity contribution in [2.45, 2.75) is 32.7 Å². The predicted octanol–water partition coefficient (Wildman–Crippen LogP) is 3.10. The topological polar surface area (TPSA) is 55.2 Å². The Morgan fingerprint density at radius 2 is 2.22 bits per heavy atom. The molecule has 1 N–H and O–H groups in total. The highest BCUT2D eigenvalue weighted by molar-refractivity contribution is 5.42. The standard InChI is InChI=1S/C13H17FN2O2/c1-8-5-6-15-11(7-8)10-3-4-12(16(17)18)13(14)9(10)2/h3-4,8,11,15H,5-7H2,1-2H3. The summed E-state index contributed by atoms with van der Waals surface area (Å²) in [6.45, 7) is 4.69. The van der Waals surface area contributed by atoms with Crippen molar-refractivity contribution < 1.29 is 9.31 Å². The minimum absolute atomic E-state index is 0.101. The van der Waals surface area contributed by atoms with Crippen LogP contribution in [-0.2, 0) is 0 Å². The first-order valence-corrected chi connectivity index (χ1v) is 6.17. The molecule has 0 amide bonds. The fourth-order valence-electron chi connectivity index (χ4n) is 2.55. The fraction of sp³-hybridized carbons (Fsp3) is 0.538. The molecule has 0 aliphatic carbocycles. The highest BCUT2D eigenvalue weighted by Gasteiger charge is 2.25. The van der Waals surface area contributed by atoms with Crippen molar-refractivity contribution in [1.29, 1.82) is 0 Å². The second kappa shape index (κ2) is 5.02. The van der Waals surface area contributed by atoms with Crippen LogP contribution in [-0.4, -0.2) is 11.5 Å². The van der Waals surface area contributed by atoms with Gasteiger partial charge >= 0.3 is 5.69 Å². The van der Waals surface area contributed by atoms with Gasteiger partial charge in [-0.2, -0.15) is 4.39 Å². The maximum absolute atomic E-state index is 13.9. The maximum atomic E-state index is 13.9. The van der Waals surface area contributed by atoms with E-state index in [0.29, 0.717) is 11.5 Å². The van der Waals surface area contributed by atoms with E-state index >= 15 is 0 Å². The van der Waals surface area contributed by atoms with Gasteiger partial charge in [-0.25, -0.2) is 0 Å². The van der Waals surface area contributed by atoms with Crippen molar-refractivity contribution in [3.05, 3.63) is 39.2 Å². The van der Waals surface area contributed by atoms with Crippen LogP contribution in [0.3, 0.4) is 0 Å². The Balaban J connectivity index is 2.34. The number of hydrogen-bond acceptors (Lipinski definition) is 3. The number of nitro groups is 1. The SMILES string of the molecule is Cc1c(C2CC(C)CCN2)ccc([N+](=O)[O-])c1F. The van der Waals surface area contributed by atoms with Crippen LogP contribution in [0.15, 0.2) is 12.1 Å². The summed E-state index contributed by atoms with van der Waals surface area (Å²) in [7, 11) is 0. The van der Waals surface area contributed by atoms with Crippen molar-refractivity contribution in [3.8, 4) is 0 Å². The van der Waals surface area contributed by atoms with E-state index in [4.69, 9.17) is 0 Å². The van der Waals surface area contributed by atoms with Gasteiger partial charge in [0.25, 0.3) is 0 Å². The molecule has 1 saturated heterocycles. The molecule has 1 fully saturated rings. The van der Waals surface area contributed by atoms with Crippen molar-refractivity contribution in [3.63, 3.8) is 0 Å². The molecule has 2 rings (SSSR count). The average Bonchev–Trinajstić information content (AvgIpc) is 2.32. The average molecular weight is 252 g/mol. The summed E-state index contributed by atoms with van der Waals surface area (Å²) in [5.41, 5.74) is 0.778. The van der Waals surface area contributed by atoms with Crippen LogP contribution in [0.1, 0.15) is 36.9 Å². The normalized spacial score (nSPS) is 23.9. The molecule has 2 atom stereocenters. The zero-order valence-corrected chi connectivity index (χ0v) is 10.6. The first-order chi connectivity index (χ1) is 8.50. The van der Waals surface area contributed by atoms with Gasteiger partial charge in [0.05, 0.1) is 4.92 Å². The summed E-state index contributed by atoms with van der Waals surface area (Å²) in [5.74, 6) is -0.119. The lowest BCUT2D eigenvalue weighted by molar-refractivity contribution is -0.387. The molecule has 1 aromatic carbocycles. The van der Waals surface area contributed by atoms with Crippen molar-refractivity contribution in [1.82, 2.24) is 5.32 Å². The molecule has 4 nitrogen and oxygen atoms in total. The van der Waals surface area contributed by atoms with Gasteiger partial charge in [-0.3, -0.25) is 10.1 Å². The van der Waals surface area contributed by atoms with E-state index in [1.807, 2.05) is 0 Å². The zero-order valence-electron chi connectivity index (χ0n) is 10.6. The lowest BCUT2D eigenvalue weighted by atomic mass is 9.88. The number of hydrogen-bond donors (Lipinski definition) is 1. The number of nitrogens with one attached hydrogen (secondary N) is 1. The van der Waals surface area contributed by atoms with E-state index in [0.717, 1.165) is 24.9 Å². The molecule has 2 unspecified atom stereocenters. The lowest BCUT2D eigenvalue weighted by Gasteiger charge is -2.29. The van der Waals surface area contributed by atoms with Crippen molar-refractivity contribution in [2.75, 3.05) is 6.54 Å². The van der Waals surface area contributed by atoms with E-state index in [9.17, 15) is 14.5 Å². The molecule has 5 heteroatoms. The highest BCUT2D eigenvalue weighted by atomic mass is 19.1. The van der Waals surface area contributed by atoms with E-state index in [-0.39, 0.29) is 6.04 Å². The van der Waals surface area contributed by atoms with Crippen LogP contribution in [0, 0.1) is 28.8 Å². The molecular formula is C13H17FN2O2. The van der Waals surface area contributed by atoms with Gasteiger partial charge in [-0.1, -0.05) is 13.0 Å². The van der Waals surface area contributed by atoms with Crippen LogP contribution in [0.25, 0.3) is 0 Å². The molecule has 1 heterocycles. The fourth-order valence-corrected chi connectivity index (χ4v) is 2.55. The summed E-state index contributed by atoms with van der Waals surface area (Å²) in [6, 6.07) is 3.04. The summed E-state index contributed by atoms with van der Waals surface area (Å²) >= 11 is 0. The van der Waals surface area contributed by atoms with Gasteiger partial charge < -0.3 is 5.32 Å². The molecular weight excluding hydrogens is 235 g/mol. The molecule has 0 radical (unpaired) electrons. The second-order valence-corrected chi connectivity index (χ2v) is 5.01. The van der Waals surface area contributed by atoms with Crippen LogP contribution in [0.4, 0.5) is 10.1 Å². The zero-order chi connectivity index (χ0) is 13.3. The second-order valence-electron chi connectivity index (χ2n) is 5.01. The Bertz CT molecular complexity index is 476. The number of piperidine rings is 1. The molecule has 1 aliphatic rings. The van der Waals surface area contributed by atoms with E-state index in [2.05, 4.69) is 12.2 Å². The first kappa shape index (κ1) is 13.0. The third-order valence-electron chi connectivity index (χ3n) is 3.65. The number of halogens is 1. The van der Waals surface area contributed by atoms with Gasteiger partial charge in [0.1, 0.15) is 0 Å². The summed E-state index contributed by atoms with van der Waals surface area (Å²) < 4.78 is 13.9. The van der Waals surface area contributed by atoms with Gasteiger partial charge in [0.2, 0.25) is 5.82 Å². The molecule has 0 bridgehead atoms. The monoisotopic (exact) mass is 252 g/mol. The first-order valence-electron chi connectivity index (χ1n) is 6.17. The van der Waals surface area contributed by atoms with Gasteiger partial charge in [0, 0.05) is 12.1 Å². The Morgan fingerprint density at radius 1 is 1.50 bits per heavy atom. The highest BCUT2D eigenvalue weighted by Crippen LogP contribution is 2.32. The van der Waals surface area contributed by atoms with Crippen molar-refractivity contribution in [2.24, 2.45) is 5.92 Å². The molecule has 0 saturated carbocycles. The smallest absolute Gasteiger partial charge is 0.305 e. The van der Waals surface area contributed by atoms with Gasteiger partial charge in [-0.05, 0) is 43.4 Å². The van der Waals surface area contributed by atoms with Crippen LogP contribution >= 0.6 is 0 Å². The van der Waals surface area contributed by atoms with Gasteiger partial charge in [-0.15, -0.1) is 0 Å². The quantitative estimate of drug-likeness (QED) is 0.650. The summed E-state index contributed by atoms with van der Waals surface area (Å²) in [6.07, 6.45) is 2.06. The van der Waals surface area contributed by atoms with E-state index < -0.39 is 16.4 Å². The Hall–Kier alpha value is -1.49. The molecule has 18 heavy (non-hydrogen) atoms. The Kier molecular flexibility index (Phi) is 3.61. The largest absolute Gasteiger partial charge is 0.310 e. The molecule has 0 spiro atoms. The Morgan fingerprint density at radius 3 is 2.83 bits per heavy atom. The Labute approximate surface area is 105 Å². The lowest BCUT2D eigenvalue weighted by Crippen LogP contribution is -2.31. The van der Waals surface area contributed by atoms with Crippen LogP contribution < -0.4 is 5.32 Å². The summed E-state index contributed by atoms with van der Waals surface area (Å²) in [5, 5.41) is 14.0. The minimum Gasteiger partial charge on any atom is -0.310 e. The minimum atomic E-state index is -0.711. The molecule has 98 valence electrons. The maximum Gasteiger partial charge on any atom is 0.305 e. The number of nitro benzene ring substituents is 1. The summed E-state index contributed by atoms with van der Waals surface area (Å²) in [4.78, 5) is 9.99. The third kappa shape index (κ3) is 2.36. The molecule has 0 aromatic heterocycles. The number of rotatable bonds is 2. The van der Waals surface area contributed by atoms with Crippen LogP contribution in [0.2, 0.25) is 0 Å².